The third-order valence-electron chi connectivity index (χ3n) is 7.26. The molecule has 198 valence electrons. The molecule has 1 aliphatic carbocycles. The topological polar surface area (TPSA) is 71.8 Å². The highest BCUT2D eigenvalue weighted by atomic mass is 35.5. The number of carbonyl (C=O) groups is 2. The molecule has 1 aromatic heterocycles. The first-order valence-electron chi connectivity index (χ1n) is 13.2. The second kappa shape index (κ2) is 10.6. The zero-order valence-corrected chi connectivity index (χ0v) is 22.4. The van der Waals surface area contributed by atoms with E-state index >= 15 is 0 Å². The van der Waals surface area contributed by atoms with Crippen molar-refractivity contribution in [3.63, 3.8) is 0 Å². The van der Waals surface area contributed by atoms with Gasteiger partial charge in [0.1, 0.15) is 18.1 Å². The molecule has 1 fully saturated rings. The molecule has 0 spiro atoms. The van der Waals surface area contributed by atoms with Crippen LogP contribution in [0.3, 0.4) is 0 Å². The molecule has 1 N–H and O–H groups in total. The number of carbonyl (C=O) groups excluding carboxylic acids is 2. The number of halogens is 1. The van der Waals surface area contributed by atoms with Crippen LogP contribution in [0.4, 0.5) is 5.69 Å². The Balaban J connectivity index is 1.20. The monoisotopic (exact) mass is 540 g/mol. The fourth-order valence-electron chi connectivity index (χ4n) is 5.18. The second-order valence-corrected chi connectivity index (χ2v) is 10.7. The molecule has 6 nitrogen and oxygen atoms in total. The van der Waals surface area contributed by atoms with Crippen LogP contribution in [0.1, 0.15) is 57.5 Å². The first-order chi connectivity index (χ1) is 18.9. The molecule has 2 amide bonds. The van der Waals surface area contributed by atoms with Crippen molar-refractivity contribution in [3.8, 4) is 5.75 Å². The summed E-state index contributed by atoms with van der Waals surface area (Å²) in [6, 6.07) is 24.7. The smallest absolute Gasteiger partial charge is 0.291 e. The number of aryl methyl sites for hydroxylation is 1. The lowest BCUT2D eigenvalue weighted by Gasteiger charge is -2.38. The highest BCUT2D eigenvalue weighted by Crippen LogP contribution is 2.41. The second-order valence-electron chi connectivity index (χ2n) is 10.3. The number of fused-ring (bicyclic) bond motifs is 1. The zero-order chi connectivity index (χ0) is 26.9. The van der Waals surface area contributed by atoms with Gasteiger partial charge in [0, 0.05) is 23.2 Å². The molecule has 7 heteroatoms. The average molecular weight is 541 g/mol. The maximum absolute atomic E-state index is 13.3. The number of hydrogen-bond donors (Lipinski definition) is 1. The van der Waals surface area contributed by atoms with Crippen LogP contribution < -0.4 is 10.1 Å². The molecule has 1 unspecified atom stereocenters. The Labute approximate surface area is 232 Å². The summed E-state index contributed by atoms with van der Waals surface area (Å²) in [7, 11) is 0. The van der Waals surface area contributed by atoms with E-state index in [1.165, 1.54) is 11.1 Å². The Morgan fingerprint density at radius 2 is 1.87 bits per heavy atom. The van der Waals surface area contributed by atoms with Crippen LogP contribution in [-0.4, -0.2) is 23.3 Å². The van der Waals surface area contributed by atoms with Crippen molar-refractivity contribution >= 4 is 29.1 Å². The number of nitrogens with one attached hydrogen (secondary N) is 1. The van der Waals surface area contributed by atoms with Crippen LogP contribution in [0, 0.1) is 12.8 Å². The summed E-state index contributed by atoms with van der Waals surface area (Å²) in [4.78, 5) is 27.9. The van der Waals surface area contributed by atoms with Crippen molar-refractivity contribution in [2.45, 2.75) is 38.8 Å². The van der Waals surface area contributed by atoms with Gasteiger partial charge in [-0.3, -0.25) is 9.59 Å². The van der Waals surface area contributed by atoms with Crippen molar-refractivity contribution < 1.29 is 18.7 Å². The Morgan fingerprint density at radius 1 is 1.03 bits per heavy atom. The Bertz CT molecular complexity index is 1540. The van der Waals surface area contributed by atoms with Crippen molar-refractivity contribution in [3.05, 3.63) is 118 Å². The standard InChI is InChI=1S/C32H29ClN2O4/c1-20-4-2-5-23(16-20)30-28-18-26(11-10-21(28)14-15-35(30)32(37)22-8-9-22)38-19-27-12-13-29(39-27)31(36)34-25-7-3-6-24(33)17-25/h2-7,10-13,16-18,22,30H,8-9,14-15,19H2,1H3,(H,34,36). The molecule has 0 bridgehead atoms. The zero-order valence-electron chi connectivity index (χ0n) is 21.7. The normalized spacial score (nSPS) is 16.5. The van der Waals surface area contributed by atoms with Crippen LogP contribution >= 0.6 is 11.6 Å². The molecule has 1 saturated carbocycles. The lowest BCUT2D eigenvalue weighted by atomic mass is 9.87. The first kappa shape index (κ1) is 25.3. The van der Waals surface area contributed by atoms with Gasteiger partial charge in [0.15, 0.2) is 5.76 Å². The molecule has 2 aliphatic rings. The first-order valence-corrected chi connectivity index (χ1v) is 13.6. The van der Waals surface area contributed by atoms with E-state index in [1.807, 2.05) is 12.1 Å². The summed E-state index contributed by atoms with van der Waals surface area (Å²) in [5.41, 5.74) is 5.20. The molecule has 4 aromatic rings. The molecule has 39 heavy (non-hydrogen) atoms. The largest absolute Gasteiger partial charge is 0.486 e. The average Bonchev–Trinajstić information content (AvgIpc) is 3.67. The maximum Gasteiger partial charge on any atom is 0.291 e. The van der Waals surface area contributed by atoms with Crippen molar-refractivity contribution in [2.75, 3.05) is 11.9 Å². The van der Waals surface area contributed by atoms with Gasteiger partial charge in [0.05, 0.1) is 6.04 Å². The van der Waals surface area contributed by atoms with E-state index in [0.717, 1.165) is 30.4 Å². The van der Waals surface area contributed by atoms with Crippen LogP contribution in [0.15, 0.2) is 83.3 Å². The molecule has 1 aliphatic heterocycles. The Hall–Kier alpha value is -4.03. The van der Waals surface area contributed by atoms with Crippen LogP contribution in [0.5, 0.6) is 5.75 Å². The van der Waals surface area contributed by atoms with Crippen molar-refractivity contribution in [2.24, 2.45) is 5.92 Å². The lowest BCUT2D eigenvalue weighted by molar-refractivity contribution is -0.134. The minimum atomic E-state index is -0.362. The fraction of sp³-hybridized carbons (Fsp3) is 0.250. The number of amides is 2. The Morgan fingerprint density at radius 3 is 2.67 bits per heavy atom. The summed E-state index contributed by atoms with van der Waals surface area (Å²) in [6.45, 7) is 2.96. The Kier molecular flexibility index (Phi) is 6.88. The van der Waals surface area contributed by atoms with Gasteiger partial charge in [0.25, 0.3) is 5.91 Å². The third-order valence-corrected chi connectivity index (χ3v) is 7.50. The predicted octanol–water partition coefficient (Wildman–Crippen LogP) is 6.96. The summed E-state index contributed by atoms with van der Waals surface area (Å²) >= 11 is 6.00. The van der Waals surface area contributed by atoms with Gasteiger partial charge in [-0.1, -0.05) is 53.6 Å². The van der Waals surface area contributed by atoms with Gasteiger partial charge in [-0.15, -0.1) is 0 Å². The van der Waals surface area contributed by atoms with E-state index in [4.69, 9.17) is 20.8 Å². The van der Waals surface area contributed by atoms with Crippen molar-refractivity contribution in [1.82, 2.24) is 4.90 Å². The third kappa shape index (κ3) is 5.57. The lowest BCUT2D eigenvalue weighted by Crippen LogP contribution is -2.41. The number of furan rings is 1. The van der Waals surface area contributed by atoms with Crippen LogP contribution in [0.2, 0.25) is 5.02 Å². The number of rotatable bonds is 7. The highest BCUT2D eigenvalue weighted by Gasteiger charge is 2.39. The molecular formula is C32H29ClN2O4. The summed E-state index contributed by atoms with van der Waals surface area (Å²) in [5.74, 6) is 1.45. The molecule has 0 saturated heterocycles. The van der Waals surface area contributed by atoms with Gasteiger partial charge >= 0.3 is 0 Å². The van der Waals surface area contributed by atoms with Gasteiger partial charge < -0.3 is 19.4 Å². The fourth-order valence-corrected chi connectivity index (χ4v) is 5.37. The van der Waals surface area contributed by atoms with E-state index in [9.17, 15) is 9.59 Å². The van der Waals surface area contributed by atoms with Gasteiger partial charge in [-0.05, 0) is 85.3 Å². The van der Waals surface area contributed by atoms with E-state index in [-0.39, 0.29) is 36.1 Å². The molecule has 1 atom stereocenters. The number of benzene rings is 3. The molecule has 0 radical (unpaired) electrons. The molecule has 3 aromatic carbocycles. The van der Waals surface area contributed by atoms with E-state index in [0.29, 0.717) is 28.8 Å². The number of ether oxygens (including phenoxy) is 1. The number of hydrogen-bond acceptors (Lipinski definition) is 4. The summed E-state index contributed by atoms with van der Waals surface area (Å²) in [6.07, 6.45) is 2.78. The van der Waals surface area contributed by atoms with Crippen molar-refractivity contribution in [1.29, 1.82) is 0 Å². The minimum Gasteiger partial charge on any atom is -0.486 e. The van der Waals surface area contributed by atoms with E-state index in [2.05, 4.69) is 47.5 Å². The van der Waals surface area contributed by atoms with Gasteiger partial charge in [-0.25, -0.2) is 0 Å². The minimum absolute atomic E-state index is 0.143. The predicted molar refractivity (Wildman–Crippen MR) is 150 cm³/mol. The molecule has 2 heterocycles. The van der Waals surface area contributed by atoms with Crippen LogP contribution in [-0.2, 0) is 17.8 Å². The SMILES string of the molecule is Cc1cccc(C2c3cc(OCc4ccc(C(=O)Nc5cccc(Cl)c5)o4)ccc3CCN2C(=O)C2CC2)c1. The van der Waals surface area contributed by atoms with E-state index < -0.39 is 0 Å². The molecule has 6 rings (SSSR count). The summed E-state index contributed by atoms with van der Waals surface area (Å²) in [5, 5.41) is 3.32. The van der Waals surface area contributed by atoms with Crippen LogP contribution in [0.25, 0.3) is 0 Å². The van der Waals surface area contributed by atoms with Gasteiger partial charge in [-0.2, -0.15) is 0 Å². The number of nitrogens with zero attached hydrogens (tertiary/aromatic N) is 1. The van der Waals surface area contributed by atoms with E-state index in [1.54, 1.807) is 36.4 Å². The van der Waals surface area contributed by atoms with Gasteiger partial charge in [0.2, 0.25) is 5.91 Å². The maximum atomic E-state index is 13.3. The quantitative estimate of drug-likeness (QED) is 0.275. The highest BCUT2D eigenvalue weighted by molar-refractivity contribution is 6.30. The summed E-state index contributed by atoms with van der Waals surface area (Å²) < 4.78 is 11.8. The number of anilines is 1. The molecular weight excluding hydrogens is 512 g/mol.